The van der Waals surface area contributed by atoms with E-state index in [1.165, 1.54) is 4.90 Å². The minimum absolute atomic E-state index is 0.199. The van der Waals surface area contributed by atoms with E-state index in [1.54, 1.807) is 25.1 Å². The molecule has 2 aliphatic rings. The van der Waals surface area contributed by atoms with E-state index in [2.05, 4.69) is 10.6 Å². The number of hydrogen-bond acceptors (Lipinski definition) is 5. The van der Waals surface area contributed by atoms with Gasteiger partial charge in [-0.25, -0.2) is 0 Å². The van der Waals surface area contributed by atoms with E-state index in [4.69, 9.17) is 5.73 Å². The second kappa shape index (κ2) is 6.04. The molecule has 4 amide bonds. The molecule has 1 aromatic rings. The van der Waals surface area contributed by atoms with Gasteiger partial charge in [-0.3, -0.25) is 24.5 Å². The lowest BCUT2D eigenvalue weighted by molar-refractivity contribution is -0.137. The minimum Gasteiger partial charge on any atom is -0.324 e. The highest BCUT2D eigenvalue weighted by molar-refractivity contribution is 6.07. The molecule has 1 unspecified atom stereocenters. The molecule has 0 aliphatic carbocycles. The molecule has 4 N–H and O–H groups in total. The molecule has 0 spiro atoms. The van der Waals surface area contributed by atoms with Crippen molar-refractivity contribution in [2.45, 2.75) is 38.4 Å². The second-order valence-electron chi connectivity index (χ2n) is 6.01. The molecule has 0 saturated carbocycles. The maximum Gasteiger partial charge on any atom is 0.255 e. The second-order valence-corrected chi connectivity index (χ2v) is 6.01. The van der Waals surface area contributed by atoms with Crippen molar-refractivity contribution in [3.8, 4) is 0 Å². The summed E-state index contributed by atoms with van der Waals surface area (Å²) in [7, 11) is 0. The van der Waals surface area contributed by atoms with E-state index in [-0.39, 0.29) is 30.7 Å². The van der Waals surface area contributed by atoms with Crippen molar-refractivity contribution < 1.29 is 19.2 Å². The highest BCUT2D eigenvalue weighted by Crippen LogP contribution is 2.32. The Morgan fingerprint density at radius 3 is 2.79 bits per heavy atom. The Labute approximate surface area is 138 Å². The summed E-state index contributed by atoms with van der Waals surface area (Å²) in [5, 5.41) is 4.96. The third kappa shape index (κ3) is 2.76. The summed E-state index contributed by atoms with van der Waals surface area (Å²) < 4.78 is 0. The van der Waals surface area contributed by atoms with Gasteiger partial charge in [-0.15, -0.1) is 0 Å². The van der Waals surface area contributed by atoms with Gasteiger partial charge in [0, 0.05) is 29.8 Å². The third-order valence-electron chi connectivity index (χ3n) is 4.25. The normalized spacial score (nSPS) is 21.3. The molecule has 2 heterocycles. The van der Waals surface area contributed by atoms with E-state index in [0.717, 1.165) is 0 Å². The fourth-order valence-electron chi connectivity index (χ4n) is 2.95. The number of carbonyl (C=O) groups is 4. The monoisotopic (exact) mass is 330 g/mol. The molecule has 1 saturated heterocycles. The maximum absolute atomic E-state index is 12.6. The number of nitrogens with two attached hydrogens (primary N) is 1. The Morgan fingerprint density at radius 1 is 1.38 bits per heavy atom. The van der Waals surface area contributed by atoms with Crippen molar-refractivity contribution in [1.29, 1.82) is 0 Å². The molecule has 2 aliphatic heterocycles. The summed E-state index contributed by atoms with van der Waals surface area (Å²) in [5.74, 6) is -1.43. The number of amides is 4. The summed E-state index contributed by atoms with van der Waals surface area (Å²) in [6.07, 6.45) is 0.497. The molecule has 24 heavy (non-hydrogen) atoms. The number of imide groups is 1. The first-order valence-electron chi connectivity index (χ1n) is 7.71. The average molecular weight is 330 g/mol. The number of carbonyl (C=O) groups excluding carboxylic acids is 4. The van der Waals surface area contributed by atoms with Gasteiger partial charge in [0.25, 0.3) is 5.91 Å². The Bertz CT molecular complexity index is 744. The number of rotatable bonds is 3. The largest absolute Gasteiger partial charge is 0.324 e. The van der Waals surface area contributed by atoms with Crippen molar-refractivity contribution in [2.75, 3.05) is 5.32 Å². The molecule has 2 atom stereocenters. The van der Waals surface area contributed by atoms with Crippen molar-refractivity contribution in [3.05, 3.63) is 29.3 Å². The van der Waals surface area contributed by atoms with Gasteiger partial charge < -0.3 is 16.0 Å². The minimum atomic E-state index is -0.681. The summed E-state index contributed by atoms with van der Waals surface area (Å²) in [5.41, 5.74) is 7.17. The number of nitrogens with one attached hydrogen (secondary N) is 2. The standard InChI is InChI=1S/C16H18N4O4/c1-8(17)14(22)18-11-4-2-3-9-10(11)7-20(16(9)24)12-5-6-13(21)19-15(12)23/h2-4,8,12H,5-7,17H2,1H3,(H,18,22)(H,19,21,23)/t8-,12?/m1/s1. The molecule has 126 valence electrons. The van der Waals surface area contributed by atoms with Gasteiger partial charge in [0.1, 0.15) is 6.04 Å². The summed E-state index contributed by atoms with van der Waals surface area (Å²) in [6, 6.07) is 3.66. The highest BCUT2D eigenvalue weighted by atomic mass is 16.2. The number of hydrogen-bond donors (Lipinski definition) is 3. The number of anilines is 1. The molecule has 0 aromatic heterocycles. The predicted molar refractivity (Wildman–Crippen MR) is 84.8 cm³/mol. The molecule has 8 nitrogen and oxygen atoms in total. The van der Waals surface area contributed by atoms with E-state index < -0.39 is 18.0 Å². The first kappa shape index (κ1) is 16.1. The van der Waals surface area contributed by atoms with Crippen LogP contribution in [-0.4, -0.2) is 40.6 Å². The smallest absolute Gasteiger partial charge is 0.255 e. The third-order valence-corrected chi connectivity index (χ3v) is 4.25. The van der Waals surface area contributed by atoms with Gasteiger partial charge in [0.15, 0.2) is 0 Å². The lowest BCUT2D eigenvalue weighted by atomic mass is 10.0. The van der Waals surface area contributed by atoms with Crippen LogP contribution in [0.3, 0.4) is 0 Å². The fraction of sp³-hybridized carbons (Fsp3) is 0.375. The fourth-order valence-corrected chi connectivity index (χ4v) is 2.95. The molecule has 3 rings (SSSR count). The summed E-state index contributed by atoms with van der Waals surface area (Å²) >= 11 is 0. The lowest BCUT2D eigenvalue weighted by Gasteiger charge is -2.29. The zero-order valence-electron chi connectivity index (χ0n) is 13.2. The Balaban J connectivity index is 1.86. The van der Waals surface area contributed by atoms with Gasteiger partial charge in [0.05, 0.1) is 6.04 Å². The van der Waals surface area contributed by atoms with Gasteiger partial charge >= 0.3 is 0 Å². The van der Waals surface area contributed by atoms with Crippen molar-refractivity contribution in [1.82, 2.24) is 10.2 Å². The molecular formula is C16H18N4O4. The summed E-state index contributed by atoms with van der Waals surface area (Å²) in [4.78, 5) is 49.2. The van der Waals surface area contributed by atoms with Crippen LogP contribution in [0.5, 0.6) is 0 Å². The van der Waals surface area contributed by atoms with Crippen LogP contribution in [0.15, 0.2) is 18.2 Å². The molecule has 0 bridgehead atoms. The van der Waals surface area contributed by atoms with Gasteiger partial charge in [0.2, 0.25) is 17.7 Å². The van der Waals surface area contributed by atoms with E-state index in [0.29, 0.717) is 23.2 Å². The Morgan fingerprint density at radius 2 is 2.12 bits per heavy atom. The van der Waals surface area contributed by atoms with Gasteiger partial charge in [-0.2, -0.15) is 0 Å². The number of fused-ring (bicyclic) bond motifs is 1. The van der Waals surface area contributed by atoms with Crippen LogP contribution >= 0.6 is 0 Å². The van der Waals surface area contributed by atoms with E-state index in [1.807, 2.05) is 0 Å². The Hall–Kier alpha value is -2.74. The first-order valence-corrected chi connectivity index (χ1v) is 7.71. The number of piperidine rings is 1. The van der Waals surface area contributed by atoms with Crippen LogP contribution in [0.25, 0.3) is 0 Å². The number of benzene rings is 1. The van der Waals surface area contributed by atoms with Crippen LogP contribution in [0.2, 0.25) is 0 Å². The topological polar surface area (TPSA) is 122 Å². The van der Waals surface area contributed by atoms with Crippen LogP contribution in [0, 0.1) is 0 Å². The predicted octanol–water partition coefficient (Wildman–Crippen LogP) is -0.267. The van der Waals surface area contributed by atoms with Crippen molar-refractivity contribution >= 4 is 29.3 Å². The van der Waals surface area contributed by atoms with Crippen LogP contribution in [0.1, 0.15) is 35.7 Å². The molecular weight excluding hydrogens is 312 g/mol. The average Bonchev–Trinajstić information content (AvgIpc) is 2.85. The zero-order chi connectivity index (χ0) is 17.4. The van der Waals surface area contributed by atoms with Crippen LogP contribution in [0.4, 0.5) is 5.69 Å². The van der Waals surface area contributed by atoms with Crippen LogP contribution < -0.4 is 16.4 Å². The lowest BCUT2D eigenvalue weighted by Crippen LogP contribution is -2.52. The molecule has 0 radical (unpaired) electrons. The molecule has 1 aromatic carbocycles. The molecule has 8 heteroatoms. The SMILES string of the molecule is C[C@@H](N)C(=O)Nc1cccc2c1CN(C1CCC(=O)NC1=O)C2=O. The van der Waals surface area contributed by atoms with E-state index >= 15 is 0 Å². The Kier molecular flexibility index (Phi) is 4.06. The van der Waals surface area contributed by atoms with Gasteiger partial charge in [-0.1, -0.05) is 6.07 Å². The molecule has 1 fully saturated rings. The summed E-state index contributed by atoms with van der Waals surface area (Å²) in [6.45, 7) is 1.77. The van der Waals surface area contributed by atoms with Gasteiger partial charge in [-0.05, 0) is 25.5 Å². The number of nitrogens with zero attached hydrogens (tertiary/aromatic N) is 1. The van der Waals surface area contributed by atoms with Crippen molar-refractivity contribution in [3.63, 3.8) is 0 Å². The van der Waals surface area contributed by atoms with Crippen LogP contribution in [-0.2, 0) is 20.9 Å². The highest BCUT2D eigenvalue weighted by Gasteiger charge is 2.39. The van der Waals surface area contributed by atoms with Crippen molar-refractivity contribution in [2.24, 2.45) is 5.73 Å². The quantitative estimate of drug-likeness (QED) is 0.659. The zero-order valence-corrected chi connectivity index (χ0v) is 13.2. The first-order chi connectivity index (χ1) is 11.4. The van der Waals surface area contributed by atoms with E-state index in [9.17, 15) is 19.2 Å². The maximum atomic E-state index is 12.6.